The molecule has 3 rings (SSSR count). The molecule has 0 saturated carbocycles. The zero-order chi connectivity index (χ0) is 13.2. The molecule has 0 bridgehead atoms. The molecule has 0 aliphatic rings. The Morgan fingerprint density at radius 3 is 2.84 bits per heavy atom. The van der Waals surface area contributed by atoms with Crippen LogP contribution in [-0.4, -0.2) is 14.5 Å². The van der Waals surface area contributed by atoms with Gasteiger partial charge in [0.1, 0.15) is 0 Å². The molecule has 3 aromatic rings. The maximum absolute atomic E-state index is 12.3. The normalized spacial score (nSPS) is 10.8. The number of nitrogens with zero attached hydrogens (tertiary/aromatic N) is 3. The Morgan fingerprint density at radius 2 is 2.05 bits per heavy atom. The van der Waals surface area contributed by atoms with Crippen LogP contribution in [0, 0.1) is 0 Å². The van der Waals surface area contributed by atoms with E-state index >= 15 is 0 Å². The number of aromatic nitrogens is 3. The SMILES string of the molecule is O=c1c2ccc(Br)cc2ncn1Cc1ccccn1. The number of pyridine rings is 1. The molecule has 0 saturated heterocycles. The van der Waals surface area contributed by atoms with Crippen molar-refractivity contribution in [1.82, 2.24) is 14.5 Å². The van der Waals surface area contributed by atoms with Crippen molar-refractivity contribution in [2.75, 3.05) is 0 Å². The van der Waals surface area contributed by atoms with E-state index in [1.807, 2.05) is 30.3 Å². The minimum Gasteiger partial charge on any atom is -0.293 e. The second kappa shape index (κ2) is 4.93. The van der Waals surface area contributed by atoms with E-state index in [1.165, 1.54) is 0 Å². The average molecular weight is 316 g/mol. The first-order valence-electron chi connectivity index (χ1n) is 5.79. The highest BCUT2D eigenvalue weighted by Crippen LogP contribution is 2.14. The van der Waals surface area contributed by atoms with Gasteiger partial charge in [0, 0.05) is 10.7 Å². The smallest absolute Gasteiger partial charge is 0.261 e. The van der Waals surface area contributed by atoms with Crippen LogP contribution in [0.1, 0.15) is 5.69 Å². The number of fused-ring (bicyclic) bond motifs is 1. The van der Waals surface area contributed by atoms with Gasteiger partial charge in [-0.15, -0.1) is 0 Å². The van der Waals surface area contributed by atoms with Gasteiger partial charge < -0.3 is 0 Å². The van der Waals surface area contributed by atoms with Gasteiger partial charge in [0.25, 0.3) is 5.56 Å². The summed E-state index contributed by atoms with van der Waals surface area (Å²) in [6.07, 6.45) is 3.28. The van der Waals surface area contributed by atoms with Crippen molar-refractivity contribution in [2.24, 2.45) is 0 Å². The Labute approximate surface area is 117 Å². The summed E-state index contributed by atoms with van der Waals surface area (Å²) in [6, 6.07) is 11.1. The van der Waals surface area contributed by atoms with Crippen LogP contribution in [0.25, 0.3) is 10.9 Å². The van der Waals surface area contributed by atoms with Crippen LogP contribution in [0.5, 0.6) is 0 Å². The van der Waals surface area contributed by atoms with Crippen molar-refractivity contribution >= 4 is 26.8 Å². The van der Waals surface area contributed by atoms with Crippen molar-refractivity contribution < 1.29 is 0 Å². The van der Waals surface area contributed by atoms with Gasteiger partial charge in [0.05, 0.1) is 29.5 Å². The van der Waals surface area contributed by atoms with Crippen molar-refractivity contribution in [1.29, 1.82) is 0 Å². The summed E-state index contributed by atoms with van der Waals surface area (Å²) in [4.78, 5) is 20.8. The van der Waals surface area contributed by atoms with Gasteiger partial charge in [-0.1, -0.05) is 22.0 Å². The fourth-order valence-corrected chi connectivity index (χ4v) is 2.26. The molecule has 4 nitrogen and oxygen atoms in total. The molecule has 0 amide bonds. The highest BCUT2D eigenvalue weighted by molar-refractivity contribution is 9.10. The number of halogens is 1. The molecule has 0 atom stereocenters. The van der Waals surface area contributed by atoms with Crippen LogP contribution in [0.3, 0.4) is 0 Å². The molecular formula is C14H10BrN3O. The molecule has 0 N–H and O–H groups in total. The van der Waals surface area contributed by atoms with Gasteiger partial charge in [-0.25, -0.2) is 4.98 Å². The Kier molecular flexibility index (Phi) is 3.13. The van der Waals surface area contributed by atoms with E-state index in [9.17, 15) is 4.79 Å². The van der Waals surface area contributed by atoms with Crippen LogP contribution >= 0.6 is 15.9 Å². The van der Waals surface area contributed by atoms with Gasteiger partial charge in [-0.2, -0.15) is 0 Å². The minimum atomic E-state index is -0.0526. The van der Waals surface area contributed by atoms with E-state index in [1.54, 1.807) is 23.2 Å². The zero-order valence-electron chi connectivity index (χ0n) is 9.95. The van der Waals surface area contributed by atoms with Crippen LogP contribution in [-0.2, 0) is 6.54 Å². The van der Waals surface area contributed by atoms with Crippen molar-refractivity contribution in [3.8, 4) is 0 Å². The third kappa shape index (κ3) is 2.42. The summed E-state index contributed by atoms with van der Waals surface area (Å²) >= 11 is 3.37. The van der Waals surface area contributed by atoms with E-state index in [-0.39, 0.29) is 5.56 Å². The minimum absolute atomic E-state index is 0.0526. The van der Waals surface area contributed by atoms with Crippen LogP contribution in [0.4, 0.5) is 0 Å². The predicted octanol–water partition coefficient (Wildman–Crippen LogP) is 2.60. The van der Waals surface area contributed by atoms with Gasteiger partial charge >= 0.3 is 0 Å². The number of hydrogen-bond donors (Lipinski definition) is 0. The Morgan fingerprint density at radius 1 is 1.16 bits per heavy atom. The standard InChI is InChI=1S/C14H10BrN3O/c15-10-4-5-12-13(7-10)17-9-18(14(12)19)8-11-3-1-2-6-16-11/h1-7,9H,8H2. The molecule has 1 aromatic carbocycles. The zero-order valence-corrected chi connectivity index (χ0v) is 11.5. The molecule has 94 valence electrons. The van der Waals surface area contributed by atoms with Crippen molar-refractivity contribution in [2.45, 2.75) is 6.54 Å². The first-order valence-corrected chi connectivity index (χ1v) is 6.58. The van der Waals surface area contributed by atoms with E-state index < -0.39 is 0 Å². The Bertz CT molecular complexity index is 784. The summed E-state index contributed by atoms with van der Waals surface area (Å²) in [7, 11) is 0. The summed E-state index contributed by atoms with van der Waals surface area (Å²) < 4.78 is 2.48. The topological polar surface area (TPSA) is 47.8 Å². The quantitative estimate of drug-likeness (QED) is 0.730. The van der Waals surface area contributed by atoms with E-state index in [0.29, 0.717) is 17.4 Å². The largest absolute Gasteiger partial charge is 0.293 e. The lowest BCUT2D eigenvalue weighted by Gasteiger charge is -2.06. The van der Waals surface area contributed by atoms with Crippen molar-refractivity contribution in [3.63, 3.8) is 0 Å². The monoisotopic (exact) mass is 315 g/mol. The van der Waals surface area contributed by atoms with Crippen LogP contribution < -0.4 is 5.56 Å². The van der Waals surface area contributed by atoms with Gasteiger partial charge in [0.2, 0.25) is 0 Å². The van der Waals surface area contributed by atoms with Gasteiger partial charge in [0.15, 0.2) is 0 Å². The fourth-order valence-electron chi connectivity index (χ4n) is 1.91. The Balaban J connectivity index is 2.08. The van der Waals surface area contributed by atoms with Crippen LogP contribution in [0.2, 0.25) is 0 Å². The first-order chi connectivity index (χ1) is 9.24. The second-order valence-electron chi connectivity index (χ2n) is 4.16. The molecule has 0 unspecified atom stereocenters. The molecule has 0 aliphatic carbocycles. The first kappa shape index (κ1) is 12.0. The predicted molar refractivity (Wildman–Crippen MR) is 77.0 cm³/mol. The molecule has 2 aromatic heterocycles. The summed E-state index contributed by atoms with van der Waals surface area (Å²) in [6.45, 7) is 0.429. The van der Waals surface area contributed by atoms with Gasteiger partial charge in [-0.3, -0.25) is 14.3 Å². The van der Waals surface area contributed by atoms with E-state index in [0.717, 1.165) is 10.2 Å². The average Bonchev–Trinajstić information content (AvgIpc) is 2.43. The highest BCUT2D eigenvalue weighted by atomic mass is 79.9. The number of hydrogen-bond acceptors (Lipinski definition) is 3. The summed E-state index contributed by atoms with van der Waals surface area (Å²) in [5.41, 5.74) is 1.47. The maximum atomic E-state index is 12.3. The molecule has 0 spiro atoms. The molecule has 5 heteroatoms. The molecule has 0 fully saturated rings. The lowest BCUT2D eigenvalue weighted by molar-refractivity contribution is 0.730. The summed E-state index contributed by atoms with van der Waals surface area (Å²) in [5.74, 6) is 0. The van der Waals surface area contributed by atoms with Crippen LogP contribution in [0.15, 0.2) is 58.2 Å². The van der Waals surface area contributed by atoms with Gasteiger partial charge in [-0.05, 0) is 30.3 Å². The summed E-state index contributed by atoms with van der Waals surface area (Å²) in [5, 5.41) is 0.613. The highest BCUT2D eigenvalue weighted by Gasteiger charge is 2.05. The van der Waals surface area contributed by atoms with E-state index in [4.69, 9.17) is 0 Å². The molecule has 0 aliphatic heterocycles. The maximum Gasteiger partial charge on any atom is 0.261 e. The number of benzene rings is 1. The lowest BCUT2D eigenvalue weighted by atomic mass is 10.2. The molecule has 0 radical (unpaired) electrons. The molecular weight excluding hydrogens is 306 g/mol. The Hall–Kier alpha value is -2.01. The van der Waals surface area contributed by atoms with E-state index in [2.05, 4.69) is 25.9 Å². The fraction of sp³-hybridized carbons (Fsp3) is 0.0714. The van der Waals surface area contributed by atoms with Crippen molar-refractivity contribution in [3.05, 3.63) is 69.4 Å². The molecule has 2 heterocycles. The third-order valence-corrected chi connectivity index (χ3v) is 3.34. The second-order valence-corrected chi connectivity index (χ2v) is 5.08. The molecule has 19 heavy (non-hydrogen) atoms. The third-order valence-electron chi connectivity index (χ3n) is 2.85. The lowest BCUT2D eigenvalue weighted by Crippen LogP contribution is -2.21. The number of rotatable bonds is 2.